The zero-order valence-corrected chi connectivity index (χ0v) is 17.5. The summed E-state index contributed by atoms with van der Waals surface area (Å²) in [5.41, 5.74) is 2.08. The fourth-order valence-electron chi connectivity index (χ4n) is 3.35. The van der Waals surface area contributed by atoms with Gasteiger partial charge in [0.15, 0.2) is 0 Å². The molecule has 1 aromatic heterocycles. The molecule has 0 bridgehead atoms. The van der Waals surface area contributed by atoms with E-state index in [1.54, 1.807) is 11.0 Å². The average molecular weight is 435 g/mol. The number of hydrogen-bond acceptors (Lipinski definition) is 5. The van der Waals surface area contributed by atoms with Crippen molar-refractivity contribution in [1.29, 1.82) is 0 Å². The Balaban J connectivity index is 1.54. The van der Waals surface area contributed by atoms with Gasteiger partial charge in [-0.1, -0.05) is 25.1 Å². The van der Waals surface area contributed by atoms with Gasteiger partial charge in [-0.05, 0) is 41.9 Å². The number of halogens is 2. The van der Waals surface area contributed by atoms with Crippen LogP contribution in [0.25, 0.3) is 0 Å². The van der Waals surface area contributed by atoms with E-state index in [9.17, 15) is 18.4 Å². The molecule has 30 heavy (non-hydrogen) atoms. The van der Waals surface area contributed by atoms with Crippen molar-refractivity contribution >= 4 is 29.3 Å². The third kappa shape index (κ3) is 5.76. The second-order valence-electron chi connectivity index (χ2n) is 6.86. The van der Waals surface area contributed by atoms with Crippen LogP contribution in [0.2, 0.25) is 0 Å². The third-order valence-corrected chi connectivity index (χ3v) is 5.63. The molecular weight excluding hydrogens is 410 g/mol. The minimum atomic E-state index is -2.64. The van der Waals surface area contributed by atoms with Crippen LogP contribution in [0.5, 0.6) is 0 Å². The molecule has 0 atom stereocenters. The normalized spacial score (nSPS) is 14.7. The van der Waals surface area contributed by atoms with Crippen LogP contribution >= 0.6 is 11.8 Å². The second kappa shape index (κ2) is 10.5. The fourth-order valence-corrected chi connectivity index (χ4v) is 3.93. The molecule has 1 aliphatic heterocycles. The van der Waals surface area contributed by atoms with Crippen molar-refractivity contribution < 1.29 is 18.4 Å². The van der Waals surface area contributed by atoms with Gasteiger partial charge in [0.25, 0.3) is 11.7 Å². The van der Waals surface area contributed by atoms with Crippen LogP contribution in [0.15, 0.2) is 47.6 Å². The Morgan fingerprint density at radius 1 is 1.13 bits per heavy atom. The summed E-state index contributed by atoms with van der Waals surface area (Å²) >= 11 is 0.275. The minimum Gasteiger partial charge on any atom is -0.336 e. The Hall–Kier alpha value is -2.52. The van der Waals surface area contributed by atoms with Gasteiger partial charge in [0.05, 0.1) is 12.1 Å². The lowest BCUT2D eigenvalue weighted by Gasteiger charge is -2.34. The van der Waals surface area contributed by atoms with Crippen LogP contribution in [0, 0.1) is 0 Å². The van der Waals surface area contributed by atoms with Crippen LogP contribution in [0.3, 0.4) is 0 Å². The molecule has 0 spiro atoms. The third-order valence-electron chi connectivity index (χ3n) is 4.90. The SMILES string of the molecule is CCc1ccccc1NC(=O)CN1CCN(C(=O)c2cccnc2SC(F)F)CC1. The van der Waals surface area contributed by atoms with E-state index >= 15 is 0 Å². The number of nitrogens with one attached hydrogen (secondary N) is 1. The Kier molecular flexibility index (Phi) is 7.75. The van der Waals surface area contributed by atoms with Crippen molar-refractivity contribution in [3.63, 3.8) is 0 Å². The van der Waals surface area contributed by atoms with E-state index in [4.69, 9.17) is 0 Å². The van der Waals surface area contributed by atoms with Crippen molar-refractivity contribution in [2.75, 3.05) is 38.0 Å². The molecule has 0 radical (unpaired) electrons. The van der Waals surface area contributed by atoms with Crippen molar-refractivity contribution in [2.24, 2.45) is 0 Å². The molecule has 160 valence electrons. The van der Waals surface area contributed by atoms with Gasteiger partial charge in [-0.2, -0.15) is 8.78 Å². The van der Waals surface area contributed by atoms with Crippen molar-refractivity contribution in [2.45, 2.75) is 24.1 Å². The highest BCUT2D eigenvalue weighted by molar-refractivity contribution is 7.99. The lowest BCUT2D eigenvalue weighted by molar-refractivity contribution is -0.117. The van der Waals surface area contributed by atoms with E-state index in [2.05, 4.69) is 10.3 Å². The number of pyridine rings is 1. The van der Waals surface area contributed by atoms with Crippen LogP contribution in [-0.4, -0.2) is 65.1 Å². The summed E-state index contributed by atoms with van der Waals surface area (Å²) in [7, 11) is 0. The van der Waals surface area contributed by atoms with Crippen LogP contribution in [0.1, 0.15) is 22.8 Å². The molecule has 1 aliphatic rings. The van der Waals surface area contributed by atoms with Gasteiger partial charge >= 0.3 is 0 Å². The molecule has 0 saturated carbocycles. The summed E-state index contributed by atoms with van der Waals surface area (Å²) in [6.07, 6.45) is 2.23. The van der Waals surface area contributed by atoms with E-state index in [1.165, 1.54) is 12.3 Å². The first-order valence-corrected chi connectivity index (χ1v) is 10.6. The molecule has 1 N–H and O–H groups in total. The van der Waals surface area contributed by atoms with E-state index in [0.717, 1.165) is 17.7 Å². The monoisotopic (exact) mass is 434 g/mol. The Bertz CT molecular complexity index is 889. The molecule has 1 fully saturated rings. The van der Waals surface area contributed by atoms with Gasteiger partial charge in [0, 0.05) is 38.1 Å². The summed E-state index contributed by atoms with van der Waals surface area (Å²) < 4.78 is 25.5. The van der Waals surface area contributed by atoms with E-state index < -0.39 is 5.76 Å². The summed E-state index contributed by atoms with van der Waals surface area (Å²) in [5, 5.41) is 2.99. The zero-order chi connectivity index (χ0) is 21.5. The largest absolute Gasteiger partial charge is 0.336 e. The van der Waals surface area contributed by atoms with Crippen molar-refractivity contribution in [1.82, 2.24) is 14.8 Å². The summed E-state index contributed by atoms with van der Waals surface area (Å²) in [6.45, 7) is 4.18. The quantitative estimate of drug-likeness (QED) is 0.677. The zero-order valence-electron chi connectivity index (χ0n) is 16.7. The van der Waals surface area contributed by atoms with Crippen LogP contribution in [-0.2, 0) is 11.2 Å². The highest BCUT2D eigenvalue weighted by Crippen LogP contribution is 2.27. The molecule has 0 aliphatic carbocycles. The number of aryl methyl sites for hydroxylation is 1. The number of alkyl halides is 2. The van der Waals surface area contributed by atoms with Gasteiger partial charge in [0.1, 0.15) is 5.03 Å². The summed E-state index contributed by atoms with van der Waals surface area (Å²) in [6, 6.07) is 10.8. The highest BCUT2D eigenvalue weighted by atomic mass is 32.2. The summed E-state index contributed by atoms with van der Waals surface area (Å²) in [4.78, 5) is 32.7. The standard InChI is InChI=1S/C21H24F2N4O2S/c1-2-15-6-3-4-8-17(15)25-18(28)14-26-10-12-27(13-11-26)20(29)16-7-5-9-24-19(16)30-21(22)23/h3-9,21H,2,10-14H2,1H3,(H,25,28). The first-order chi connectivity index (χ1) is 14.5. The molecule has 2 aromatic rings. The number of amides is 2. The van der Waals surface area contributed by atoms with Gasteiger partial charge < -0.3 is 10.2 Å². The van der Waals surface area contributed by atoms with E-state index in [-0.39, 0.29) is 40.7 Å². The van der Waals surface area contributed by atoms with Gasteiger partial charge in [-0.3, -0.25) is 14.5 Å². The van der Waals surface area contributed by atoms with E-state index in [0.29, 0.717) is 26.2 Å². The molecule has 0 unspecified atom stereocenters. The number of aromatic nitrogens is 1. The Morgan fingerprint density at radius 3 is 2.57 bits per heavy atom. The van der Waals surface area contributed by atoms with Crippen LogP contribution in [0.4, 0.5) is 14.5 Å². The maximum absolute atomic E-state index is 12.8. The molecule has 3 rings (SSSR count). The first kappa shape index (κ1) is 22.2. The maximum atomic E-state index is 12.8. The van der Waals surface area contributed by atoms with Crippen molar-refractivity contribution in [3.05, 3.63) is 53.7 Å². The lowest BCUT2D eigenvalue weighted by atomic mass is 10.1. The lowest BCUT2D eigenvalue weighted by Crippen LogP contribution is -2.50. The summed E-state index contributed by atoms with van der Waals surface area (Å²) in [5.74, 6) is -3.05. The number of piperazine rings is 1. The molecule has 2 heterocycles. The first-order valence-electron chi connectivity index (χ1n) is 9.77. The second-order valence-corrected chi connectivity index (χ2v) is 7.84. The highest BCUT2D eigenvalue weighted by Gasteiger charge is 2.26. The topological polar surface area (TPSA) is 65.5 Å². The van der Waals surface area contributed by atoms with E-state index in [1.807, 2.05) is 36.1 Å². The number of thioether (sulfide) groups is 1. The van der Waals surface area contributed by atoms with Gasteiger partial charge in [0.2, 0.25) is 5.91 Å². The van der Waals surface area contributed by atoms with Crippen molar-refractivity contribution in [3.8, 4) is 0 Å². The fraction of sp³-hybridized carbons (Fsp3) is 0.381. The molecule has 6 nitrogen and oxygen atoms in total. The number of hydrogen-bond donors (Lipinski definition) is 1. The molecule has 1 aromatic carbocycles. The average Bonchev–Trinajstić information content (AvgIpc) is 2.74. The minimum absolute atomic E-state index is 0.0360. The molecule has 9 heteroatoms. The van der Waals surface area contributed by atoms with Gasteiger partial charge in [-0.25, -0.2) is 4.98 Å². The number of para-hydroxylation sites is 1. The maximum Gasteiger partial charge on any atom is 0.290 e. The predicted molar refractivity (Wildman–Crippen MR) is 113 cm³/mol. The number of rotatable bonds is 7. The number of carbonyl (C=O) groups is 2. The Labute approximate surface area is 178 Å². The smallest absolute Gasteiger partial charge is 0.290 e. The molecule has 1 saturated heterocycles. The number of anilines is 1. The van der Waals surface area contributed by atoms with Gasteiger partial charge in [-0.15, -0.1) is 0 Å². The molecular formula is C21H24F2N4O2S. The Morgan fingerprint density at radius 2 is 1.87 bits per heavy atom. The predicted octanol–water partition coefficient (Wildman–Crippen LogP) is 3.36. The number of carbonyl (C=O) groups excluding carboxylic acids is 2. The van der Waals surface area contributed by atoms with Crippen LogP contribution < -0.4 is 5.32 Å². The number of benzene rings is 1. The number of nitrogens with zero attached hydrogens (tertiary/aromatic N) is 3. The molecule has 2 amide bonds.